The molecule has 0 spiro atoms. The molecule has 0 aliphatic carbocycles. The number of hydrogen-bond donors (Lipinski definition) is 1. The van der Waals surface area contributed by atoms with Gasteiger partial charge >= 0.3 is 0 Å². The number of aromatic nitrogens is 4. The van der Waals surface area contributed by atoms with Crippen molar-refractivity contribution in [2.75, 3.05) is 5.32 Å². The molecule has 2 heterocycles. The molecule has 0 bridgehead atoms. The fraction of sp³-hybridized carbons (Fsp3) is 0.188. The van der Waals surface area contributed by atoms with Crippen molar-refractivity contribution < 1.29 is 0 Å². The van der Waals surface area contributed by atoms with Gasteiger partial charge in [-0.1, -0.05) is 16.8 Å². The zero-order chi connectivity index (χ0) is 17.1. The second-order valence-corrected chi connectivity index (χ2v) is 5.72. The fourth-order valence-electron chi connectivity index (χ4n) is 2.31. The van der Waals surface area contributed by atoms with Gasteiger partial charge in [0.1, 0.15) is 12.2 Å². The average Bonchev–Trinajstić information content (AvgIpc) is 2.90. The van der Waals surface area contributed by atoms with E-state index in [2.05, 4.69) is 25.6 Å². The average molecular weight is 343 g/mol. The van der Waals surface area contributed by atoms with Gasteiger partial charge in [-0.15, -0.1) is 0 Å². The number of rotatable bonds is 5. The van der Waals surface area contributed by atoms with Crippen LogP contribution in [0.1, 0.15) is 17.1 Å². The standard InChI is InChI=1S/C16H15ClN6O/c1-10-7-11(2)23(22-10)15-9-18-14(8-19-24)16(21-15)20-13-5-3-12(17)4-6-13/h3-7,9H,8H2,1-2H3,(H,20,21). The number of nitroso groups, excluding NO2 is 1. The highest BCUT2D eigenvalue weighted by molar-refractivity contribution is 6.30. The van der Waals surface area contributed by atoms with E-state index >= 15 is 0 Å². The number of hydrogen-bond acceptors (Lipinski definition) is 6. The van der Waals surface area contributed by atoms with Gasteiger partial charge < -0.3 is 5.32 Å². The van der Waals surface area contributed by atoms with Crippen LogP contribution in [0.5, 0.6) is 0 Å². The van der Waals surface area contributed by atoms with Crippen LogP contribution >= 0.6 is 11.6 Å². The Kier molecular flexibility index (Phi) is 4.52. The van der Waals surface area contributed by atoms with Gasteiger partial charge in [-0.3, -0.25) is 4.98 Å². The highest BCUT2D eigenvalue weighted by Crippen LogP contribution is 2.22. The van der Waals surface area contributed by atoms with Gasteiger partial charge in [-0.2, -0.15) is 10.0 Å². The van der Waals surface area contributed by atoms with Crippen molar-refractivity contribution in [2.45, 2.75) is 20.4 Å². The summed E-state index contributed by atoms with van der Waals surface area (Å²) in [5.74, 6) is 1.02. The number of aryl methyl sites for hydroxylation is 2. The van der Waals surface area contributed by atoms with Crippen molar-refractivity contribution in [1.29, 1.82) is 0 Å². The van der Waals surface area contributed by atoms with Gasteiger partial charge in [0.2, 0.25) is 0 Å². The van der Waals surface area contributed by atoms with E-state index in [1.165, 1.54) is 0 Å². The number of benzene rings is 1. The molecule has 122 valence electrons. The molecule has 3 rings (SSSR count). The van der Waals surface area contributed by atoms with Crippen molar-refractivity contribution >= 4 is 23.1 Å². The fourth-order valence-corrected chi connectivity index (χ4v) is 2.44. The Hall–Kier alpha value is -2.80. The zero-order valence-electron chi connectivity index (χ0n) is 13.2. The Balaban J connectivity index is 2.01. The first-order valence-corrected chi connectivity index (χ1v) is 7.66. The maximum atomic E-state index is 10.7. The molecule has 3 aromatic rings. The molecule has 7 nitrogen and oxygen atoms in total. The molecule has 0 unspecified atom stereocenters. The lowest BCUT2D eigenvalue weighted by Gasteiger charge is -2.11. The molecule has 0 fully saturated rings. The minimum atomic E-state index is -0.0691. The Morgan fingerprint density at radius 1 is 1.25 bits per heavy atom. The molecule has 2 aromatic heterocycles. The van der Waals surface area contributed by atoms with Crippen molar-refractivity contribution in [1.82, 2.24) is 19.7 Å². The van der Waals surface area contributed by atoms with Gasteiger partial charge in [0.05, 0.1) is 11.9 Å². The quantitative estimate of drug-likeness (QED) is 0.710. The summed E-state index contributed by atoms with van der Waals surface area (Å²) in [5, 5.41) is 11.1. The van der Waals surface area contributed by atoms with Crippen LogP contribution in [0.3, 0.4) is 0 Å². The van der Waals surface area contributed by atoms with Crippen molar-refractivity contribution in [3.05, 3.63) is 63.5 Å². The molecule has 0 aliphatic rings. The van der Waals surface area contributed by atoms with E-state index in [0.29, 0.717) is 22.4 Å². The van der Waals surface area contributed by atoms with E-state index in [1.807, 2.05) is 32.0 Å². The van der Waals surface area contributed by atoms with E-state index < -0.39 is 0 Å². The van der Waals surface area contributed by atoms with Crippen LogP contribution in [-0.4, -0.2) is 19.7 Å². The normalized spacial score (nSPS) is 10.6. The lowest BCUT2D eigenvalue weighted by Crippen LogP contribution is -2.08. The maximum Gasteiger partial charge on any atom is 0.174 e. The van der Waals surface area contributed by atoms with E-state index in [0.717, 1.165) is 17.1 Å². The van der Waals surface area contributed by atoms with Gasteiger partial charge in [0.25, 0.3) is 0 Å². The summed E-state index contributed by atoms with van der Waals surface area (Å²) >= 11 is 5.90. The van der Waals surface area contributed by atoms with E-state index in [1.54, 1.807) is 23.0 Å². The molecule has 0 atom stereocenters. The van der Waals surface area contributed by atoms with Crippen molar-refractivity contribution in [2.24, 2.45) is 5.18 Å². The Morgan fingerprint density at radius 2 is 2.00 bits per heavy atom. The molecule has 1 aromatic carbocycles. The third kappa shape index (κ3) is 3.41. The van der Waals surface area contributed by atoms with Crippen molar-refractivity contribution in [3.63, 3.8) is 0 Å². The van der Waals surface area contributed by atoms with Crippen LogP contribution in [0.15, 0.2) is 41.7 Å². The summed E-state index contributed by atoms with van der Waals surface area (Å²) in [6, 6.07) is 9.12. The molecule has 0 aliphatic heterocycles. The van der Waals surface area contributed by atoms with Crippen LogP contribution < -0.4 is 5.32 Å². The van der Waals surface area contributed by atoms with E-state index in [4.69, 9.17) is 11.6 Å². The minimum Gasteiger partial charge on any atom is -0.339 e. The Labute approximate surface area is 143 Å². The third-order valence-electron chi connectivity index (χ3n) is 3.38. The smallest absolute Gasteiger partial charge is 0.174 e. The summed E-state index contributed by atoms with van der Waals surface area (Å²) in [6.07, 6.45) is 1.58. The topological polar surface area (TPSA) is 85.1 Å². The van der Waals surface area contributed by atoms with Crippen LogP contribution in [0.25, 0.3) is 5.82 Å². The number of anilines is 2. The first kappa shape index (κ1) is 16.1. The first-order valence-electron chi connectivity index (χ1n) is 7.28. The maximum absolute atomic E-state index is 10.7. The monoisotopic (exact) mass is 342 g/mol. The van der Waals surface area contributed by atoms with E-state index in [9.17, 15) is 4.91 Å². The third-order valence-corrected chi connectivity index (χ3v) is 3.64. The molecule has 24 heavy (non-hydrogen) atoms. The summed E-state index contributed by atoms with van der Waals surface area (Å²) in [6.45, 7) is 3.78. The summed E-state index contributed by atoms with van der Waals surface area (Å²) in [5.41, 5.74) is 3.08. The van der Waals surface area contributed by atoms with Crippen LogP contribution in [-0.2, 0) is 6.54 Å². The second kappa shape index (κ2) is 6.76. The van der Waals surface area contributed by atoms with Crippen LogP contribution in [0, 0.1) is 18.8 Å². The summed E-state index contributed by atoms with van der Waals surface area (Å²) < 4.78 is 1.70. The van der Waals surface area contributed by atoms with Gasteiger partial charge in [-0.05, 0) is 44.2 Å². The molecule has 0 saturated carbocycles. The lowest BCUT2D eigenvalue weighted by atomic mass is 10.3. The first-order chi connectivity index (χ1) is 11.6. The van der Waals surface area contributed by atoms with E-state index in [-0.39, 0.29) is 6.54 Å². The lowest BCUT2D eigenvalue weighted by molar-refractivity contribution is 0.793. The zero-order valence-corrected chi connectivity index (χ0v) is 13.9. The SMILES string of the molecule is Cc1cc(C)n(-c2cnc(CN=O)c(Nc3ccc(Cl)cc3)n2)n1. The molecule has 0 saturated heterocycles. The molecule has 0 radical (unpaired) electrons. The summed E-state index contributed by atoms with van der Waals surface area (Å²) in [7, 11) is 0. The predicted octanol–water partition coefficient (Wildman–Crippen LogP) is 3.94. The van der Waals surface area contributed by atoms with Gasteiger partial charge in [0.15, 0.2) is 11.6 Å². The number of nitrogens with zero attached hydrogens (tertiary/aromatic N) is 5. The largest absolute Gasteiger partial charge is 0.339 e. The molecule has 0 amide bonds. The van der Waals surface area contributed by atoms with Crippen LogP contribution in [0.4, 0.5) is 11.5 Å². The van der Waals surface area contributed by atoms with Crippen LogP contribution in [0.2, 0.25) is 5.02 Å². The van der Waals surface area contributed by atoms with Crippen molar-refractivity contribution in [3.8, 4) is 5.82 Å². The molecule has 8 heteroatoms. The predicted molar refractivity (Wildman–Crippen MR) is 92.9 cm³/mol. The molecular weight excluding hydrogens is 328 g/mol. The van der Waals surface area contributed by atoms with Gasteiger partial charge in [-0.25, -0.2) is 9.67 Å². The highest BCUT2D eigenvalue weighted by Gasteiger charge is 2.12. The number of halogens is 1. The Morgan fingerprint density at radius 3 is 2.62 bits per heavy atom. The highest BCUT2D eigenvalue weighted by atomic mass is 35.5. The summed E-state index contributed by atoms with van der Waals surface area (Å²) in [4.78, 5) is 19.5. The molecule has 1 N–H and O–H groups in total. The number of nitrogens with one attached hydrogen (secondary N) is 1. The van der Waals surface area contributed by atoms with Gasteiger partial charge in [0, 0.05) is 16.4 Å². The minimum absolute atomic E-state index is 0.0691. The molecular formula is C16H15ClN6O. The Bertz CT molecular complexity index is 875. The second-order valence-electron chi connectivity index (χ2n) is 5.28.